The second-order valence-corrected chi connectivity index (χ2v) is 6.51. The van der Waals surface area contributed by atoms with Gasteiger partial charge in [0.05, 0.1) is 11.3 Å². The largest absolute Gasteiger partial charge is 0.377 e. The number of nitrogens with one attached hydrogen (secondary N) is 2. The summed E-state index contributed by atoms with van der Waals surface area (Å²) >= 11 is 0. The summed E-state index contributed by atoms with van der Waals surface area (Å²) in [4.78, 5) is 16.8. The predicted octanol–water partition coefficient (Wildman–Crippen LogP) is 5.12. The zero-order chi connectivity index (χ0) is 18.5. The van der Waals surface area contributed by atoms with Crippen LogP contribution in [0.15, 0.2) is 67.0 Å². The number of anilines is 2. The molecule has 1 atom stereocenters. The highest BCUT2D eigenvalue weighted by Crippen LogP contribution is 2.20. The van der Waals surface area contributed by atoms with Crippen LogP contribution >= 0.6 is 0 Å². The molecule has 132 valence electrons. The molecular formula is C22H23N3O. The standard InChI is InChI=1S/C22H23N3O/c1-15-9-10-21(16(2)11-15)25-22(26)19-12-20(14-23-13-19)24-17(3)18-7-5-4-6-8-18/h4-14,17,24H,1-3H3,(H,25,26). The van der Waals surface area contributed by atoms with Crippen LogP contribution in [0.25, 0.3) is 0 Å². The van der Waals surface area contributed by atoms with Crippen LogP contribution in [0.3, 0.4) is 0 Å². The van der Waals surface area contributed by atoms with E-state index in [4.69, 9.17) is 0 Å². The van der Waals surface area contributed by atoms with Gasteiger partial charge < -0.3 is 10.6 Å². The molecule has 0 fully saturated rings. The van der Waals surface area contributed by atoms with Crippen LogP contribution in [0, 0.1) is 13.8 Å². The number of carbonyl (C=O) groups is 1. The smallest absolute Gasteiger partial charge is 0.257 e. The van der Waals surface area contributed by atoms with Crippen molar-refractivity contribution in [1.82, 2.24) is 4.98 Å². The second kappa shape index (κ2) is 7.83. The van der Waals surface area contributed by atoms with Gasteiger partial charge in [-0.25, -0.2) is 0 Å². The summed E-state index contributed by atoms with van der Waals surface area (Å²) in [6.45, 7) is 6.10. The number of pyridine rings is 1. The molecule has 1 aromatic heterocycles. The number of carbonyl (C=O) groups excluding carboxylic acids is 1. The van der Waals surface area contributed by atoms with Gasteiger partial charge >= 0.3 is 0 Å². The Hall–Kier alpha value is -3.14. The first kappa shape index (κ1) is 17.7. The van der Waals surface area contributed by atoms with Gasteiger partial charge in [0.2, 0.25) is 0 Å². The number of benzene rings is 2. The average Bonchev–Trinajstić information content (AvgIpc) is 2.65. The Bertz CT molecular complexity index is 906. The van der Waals surface area contributed by atoms with Gasteiger partial charge in [0.25, 0.3) is 5.91 Å². The van der Waals surface area contributed by atoms with E-state index in [1.807, 2.05) is 56.3 Å². The van der Waals surface area contributed by atoms with Crippen LogP contribution in [0.1, 0.15) is 40.0 Å². The summed E-state index contributed by atoms with van der Waals surface area (Å²) in [7, 11) is 0. The molecule has 4 heteroatoms. The van der Waals surface area contributed by atoms with Crippen molar-refractivity contribution in [2.45, 2.75) is 26.8 Å². The summed E-state index contributed by atoms with van der Waals surface area (Å²) in [5, 5.41) is 6.35. The van der Waals surface area contributed by atoms with Crippen molar-refractivity contribution in [3.8, 4) is 0 Å². The molecule has 2 aromatic carbocycles. The van der Waals surface area contributed by atoms with Gasteiger partial charge in [0.15, 0.2) is 0 Å². The fourth-order valence-corrected chi connectivity index (χ4v) is 2.87. The van der Waals surface area contributed by atoms with Gasteiger partial charge in [-0.15, -0.1) is 0 Å². The van der Waals surface area contributed by atoms with Crippen molar-refractivity contribution in [3.05, 3.63) is 89.2 Å². The maximum Gasteiger partial charge on any atom is 0.257 e. The first-order valence-electron chi connectivity index (χ1n) is 8.68. The summed E-state index contributed by atoms with van der Waals surface area (Å²) in [5.74, 6) is -0.166. The molecule has 2 N–H and O–H groups in total. The lowest BCUT2D eigenvalue weighted by Gasteiger charge is -2.16. The highest BCUT2D eigenvalue weighted by Gasteiger charge is 2.11. The topological polar surface area (TPSA) is 54.0 Å². The fourth-order valence-electron chi connectivity index (χ4n) is 2.87. The van der Waals surface area contributed by atoms with Gasteiger partial charge in [-0.1, -0.05) is 48.0 Å². The molecule has 0 aliphatic heterocycles. The molecule has 1 amide bonds. The van der Waals surface area contributed by atoms with Gasteiger partial charge in [-0.3, -0.25) is 9.78 Å². The van der Waals surface area contributed by atoms with Crippen molar-refractivity contribution in [2.24, 2.45) is 0 Å². The number of rotatable bonds is 5. The quantitative estimate of drug-likeness (QED) is 0.674. The van der Waals surface area contributed by atoms with Gasteiger partial charge in [0, 0.05) is 24.1 Å². The molecule has 0 radical (unpaired) electrons. The molecule has 3 aromatic rings. The first-order valence-corrected chi connectivity index (χ1v) is 8.68. The lowest BCUT2D eigenvalue weighted by molar-refractivity contribution is 0.102. The highest BCUT2D eigenvalue weighted by molar-refractivity contribution is 6.04. The Balaban J connectivity index is 1.73. The minimum atomic E-state index is -0.166. The van der Waals surface area contributed by atoms with Crippen molar-refractivity contribution in [2.75, 3.05) is 10.6 Å². The van der Waals surface area contributed by atoms with E-state index < -0.39 is 0 Å². The summed E-state index contributed by atoms with van der Waals surface area (Å²) in [6, 6.07) is 18.1. The molecule has 1 unspecified atom stereocenters. The minimum Gasteiger partial charge on any atom is -0.377 e. The molecule has 1 heterocycles. The maximum absolute atomic E-state index is 12.6. The Morgan fingerprint density at radius 3 is 2.50 bits per heavy atom. The summed E-state index contributed by atoms with van der Waals surface area (Å²) in [6.07, 6.45) is 3.31. The monoisotopic (exact) mass is 345 g/mol. The lowest BCUT2D eigenvalue weighted by atomic mass is 10.1. The van der Waals surface area contributed by atoms with Crippen LogP contribution in [-0.4, -0.2) is 10.9 Å². The Labute approximate surface area is 154 Å². The van der Waals surface area contributed by atoms with E-state index in [0.29, 0.717) is 5.56 Å². The van der Waals surface area contributed by atoms with E-state index >= 15 is 0 Å². The maximum atomic E-state index is 12.6. The van der Waals surface area contributed by atoms with Crippen molar-refractivity contribution in [3.63, 3.8) is 0 Å². The third-order valence-corrected chi connectivity index (χ3v) is 4.31. The molecule has 0 spiro atoms. The van der Waals surface area contributed by atoms with Crippen LogP contribution in [-0.2, 0) is 0 Å². The summed E-state index contributed by atoms with van der Waals surface area (Å²) < 4.78 is 0. The number of aromatic nitrogens is 1. The molecule has 0 saturated carbocycles. The molecule has 0 aliphatic carbocycles. The Morgan fingerprint density at radius 1 is 1.00 bits per heavy atom. The first-order chi connectivity index (χ1) is 12.5. The zero-order valence-corrected chi connectivity index (χ0v) is 15.3. The van der Waals surface area contributed by atoms with Crippen molar-refractivity contribution in [1.29, 1.82) is 0 Å². The number of hydrogen-bond acceptors (Lipinski definition) is 3. The minimum absolute atomic E-state index is 0.121. The SMILES string of the molecule is Cc1ccc(NC(=O)c2cncc(NC(C)c3ccccc3)c2)c(C)c1. The van der Waals surface area contributed by atoms with E-state index in [1.54, 1.807) is 12.4 Å². The second-order valence-electron chi connectivity index (χ2n) is 6.51. The normalized spacial score (nSPS) is 11.7. The molecule has 4 nitrogen and oxygen atoms in total. The zero-order valence-electron chi connectivity index (χ0n) is 15.3. The number of hydrogen-bond donors (Lipinski definition) is 2. The fraction of sp³-hybridized carbons (Fsp3) is 0.182. The van der Waals surface area contributed by atoms with Crippen LogP contribution in [0.2, 0.25) is 0 Å². The van der Waals surface area contributed by atoms with Gasteiger partial charge in [-0.2, -0.15) is 0 Å². The van der Waals surface area contributed by atoms with Crippen LogP contribution < -0.4 is 10.6 Å². The highest BCUT2D eigenvalue weighted by atomic mass is 16.1. The summed E-state index contributed by atoms with van der Waals surface area (Å²) in [5.41, 5.74) is 5.54. The predicted molar refractivity (Wildman–Crippen MR) is 107 cm³/mol. The van der Waals surface area contributed by atoms with E-state index in [9.17, 15) is 4.79 Å². The van der Waals surface area contributed by atoms with E-state index in [2.05, 4.69) is 34.7 Å². The molecule has 3 rings (SSSR count). The van der Waals surface area contributed by atoms with Crippen molar-refractivity contribution >= 4 is 17.3 Å². The third-order valence-electron chi connectivity index (χ3n) is 4.31. The van der Waals surface area contributed by atoms with Crippen LogP contribution in [0.4, 0.5) is 11.4 Å². The molecule has 0 saturated heterocycles. The van der Waals surface area contributed by atoms with Gasteiger partial charge in [0.1, 0.15) is 0 Å². The number of amides is 1. The van der Waals surface area contributed by atoms with Crippen molar-refractivity contribution < 1.29 is 4.79 Å². The average molecular weight is 345 g/mol. The Kier molecular flexibility index (Phi) is 5.32. The van der Waals surface area contributed by atoms with Crippen LogP contribution in [0.5, 0.6) is 0 Å². The molecule has 26 heavy (non-hydrogen) atoms. The third kappa shape index (κ3) is 4.28. The van der Waals surface area contributed by atoms with E-state index in [0.717, 1.165) is 16.9 Å². The molecular weight excluding hydrogens is 322 g/mol. The van der Waals surface area contributed by atoms with E-state index in [-0.39, 0.29) is 11.9 Å². The Morgan fingerprint density at radius 2 is 1.77 bits per heavy atom. The lowest BCUT2D eigenvalue weighted by Crippen LogP contribution is -2.14. The van der Waals surface area contributed by atoms with Gasteiger partial charge in [-0.05, 0) is 44.0 Å². The number of nitrogens with zero attached hydrogens (tertiary/aromatic N) is 1. The van der Waals surface area contributed by atoms with E-state index in [1.165, 1.54) is 11.1 Å². The number of aryl methyl sites for hydroxylation is 2. The molecule has 0 bridgehead atoms. The molecule has 0 aliphatic rings.